The van der Waals surface area contributed by atoms with E-state index in [9.17, 15) is 4.79 Å². The van der Waals surface area contributed by atoms with E-state index in [1.54, 1.807) is 25.4 Å². The number of rotatable bonds is 6. The van der Waals surface area contributed by atoms with Crippen molar-refractivity contribution in [2.24, 2.45) is 18.9 Å². The second-order valence-electron chi connectivity index (χ2n) is 9.80. The Labute approximate surface area is 201 Å². The van der Waals surface area contributed by atoms with Gasteiger partial charge in [0, 0.05) is 38.5 Å². The van der Waals surface area contributed by atoms with Gasteiger partial charge in [0.15, 0.2) is 0 Å². The summed E-state index contributed by atoms with van der Waals surface area (Å²) in [5.41, 5.74) is 2.29. The summed E-state index contributed by atoms with van der Waals surface area (Å²) in [4.78, 5) is 20.9. The quantitative estimate of drug-likeness (QED) is 0.494. The summed E-state index contributed by atoms with van der Waals surface area (Å²) in [7, 11) is 3.66. The van der Waals surface area contributed by atoms with E-state index in [1.807, 2.05) is 18.2 Å². The summed E-state index contributed by atoms with van der Waals surface area (Å²) in [6, 6.07) is 9.84. The molecule has 0 saturated heterocycles. The number of fused-ring (bicyclic) bond motifs is 1. The third kappa shape index (κ3) is 4.74. The highest BCUT2D eigenvalue weighted by Crippen LogP contribution is 2.39. The van der Waals surface area contributed by atoms with Crippen LogP contribution in [0.4, 0.5) is 5.95 Å². The SMILES string of the molecule is CNC(=O)c1cc(Oc2ccc3c(c2)nc(NC2CCCCC2C2CCCCC2)n3C)ccn1. The lowest BCUT2D eigenvalue weighted by molar-refractivity contribution is 0.0958. The number of carbonyl (C=O) groups excluding carboxylic acids is 1. The fourth-order valence-electron chi connectivity index (χ4n) is 5.87. The molecule has 7 nitrogen and oxygen atoms in total. The maximum atomic E-state index is 11.9. The summed E-state index contributed by atoms with van der Waals surface area (Å²) < 4.78 is 8.18. The molecule has 34 heavy (non-hydrogen) atoms. The van der Waals surface area contributed by atoms with Gasteiger partial charge < -0.3 is 19.9 Å². The number of aryl methyl sites for hydroxylation is 1. The second-order valence-corrected chi connectivity index (χ2v) is 9.80. The number of hydrogen-bond acceptors (Lipinski definition) is 5. The Kier molecular flexibility index (Phi) is 6.70. The standard InChI is InChI=1S/C27H35N5O2/c1-28-26(33)24-17-20(14-15-29-24)34-19-12-13-25-23(16-19)31-27(32(25)2)30-22-11-7-6-10-21(22)18-8-4-3-5-9-18/h12-18,21-22H,3-11H2,1-2H3,(H,28,33)(H,30,31). The highest BCUT2D eigenvalue weighted by atomic mass is 16.5. The Hall–Kier alpha value is -3.09. The first-order valence-corrected chi connectivity index (χ1v) is 12.7. The summed E-state index contributed by atoms with van der Waals surface area (Å²) in [5.74, 6) is 3.57. The molecule has 1 aromatic carbocycles. The highest BCUT2D eigenvalue weighted by molar-refractivity contribution is 5.92. The van der Waals surface area contributed by atoms with Gasteiger partial charge in [-0.25, -0.2) is 4.98 Å². The normalized spacial score (nSPS) is 21.4. The van der Waals surface area contributed by atoms with Crippen LogP contribution in [0.3, 0.4) is 0 Å². The first kappa shape index (κ1) is 22.7. The fraction of sp³-hybridized carbons (Fsp3) is 0.519. The zero-order valence-electron chi connectivity index (χ0n) is 20.2. The Morgan fingerprint density at radius 1 is 1.00 bits per heavy atom. The first-order valence-electron chi connectivity index (χ1n) is 12.7. The monoisotopic (exact) mass is 461 g/mol. The molecule has 0 aliphatic heterocycles. The minimum absolute atomic E-state index is 0.240. The van der Waals surface area contributed by atoms with E-state index in [-0.39, 0.29) is 5.91 Å². The van der Waals surface area contributed by atoms with Crippen LogP contribution >= 0.6 is 0 Å². The Balaban J connectivity index is 1.34. The molecule has 7 heteroatoms. The lowest BCUT2D eigenvalue weighted by Crippen LogP contribution is -2.38. The van der Waals surface area contributed by atoms with Gasteiger partial charge in [-0.3, -0.25) is 9.78 Å². The molecule has 2 N–H and O–H groups in total. The molecule has 2 saturated carbocycles. The van der Waals surface area contributed by atoms with Gasteiger partial charge in [0.2, 0.25) is 5.95 Å². The molecule has 2 fully saturated rings. The summed E-state index contributed by atoms with van der Waals surface area (Å²) in [6.45, 7) is 0. The smallest absolute Gasteiger partial charge is 0.269 e. The molecule has 2 aromatic heterocycles. The number of ether oxygens (including phenoxy) is 1. The molecule has 2 atom stereocenters. The molecule has 5 rings (SSSR count). The van der Waals surface area contributed by atoms with Crippen LogP contribution in [0.15, 0.2) is 36.5 Å². The molecule has 2 unspecified atom stereocenters. The number of benzene rings is 1. The zero-order valence-corrected chi connectivity index (χ0v) is 20.2. The number of carbonyl (C=O) groups is 1. The molecule has 0 bridgehead atoms. The van der Waals surface area contributed by atoms with E-state index in [0.717, 1.165) is 28.8 Å². The van der Waals surface area contributed by atoms with Crippen molar-refractivity contribution in [2.45, 2.75) is 63.8 Å². The molecule has 180 valence electrons. The summed E-state index contributed by atoms with van der Waals surface area (Å²) >= 11 is 0. The van der Waals surface area contributed by atoms with Gasteiger partial charge in [0.1, 0.15) is 17.2 Å². The molecule has 2 aliphatic rings. The largest absolute Gasteiger partial charge is 0.457 e. The van der Waals surface area contributed by atoms with Crippen LogP contribution in [0, 0.1) is 11.8 Å². The zero-order chi connectivity index (χ0) is 23.5. The molecule has 3 aromatic rings. The van der Waals surface area contributed by atoms with E-state index >= 15 is 0 Å². The number of hydrogen-bond donors (Lipinski definition) is 2. The van der Waals surface area contributed by atoms with Gasteiger partial charge in [0.25, 0.3) is 5.91 Å². The Morgan fingerprint density at radius 3 is 2.59 bits per heavy atom. The number of nitrogens with zero attached hydrogens (tertiary/aromatic N) is 3. The van der Waals surface area contributed by atoms with Crippen LogP contribution in [0.1, 0.15) is 68.3 Å². The van der Waals surface area contributed by atoms with Crippen molar-refractivity contribution >= 4 is 22.9 Å². The van der Waals surface area contributed by atoms with E-state index in [0.29, 0.717) is 23.2 Å². The second kappa shape index (κ2) is 10.0. The molecule has 2 heterocycles. The average molecular weight is 462 g/mol. The minimum atomic E-state index is -0.240. The molecule has 1 amide bonds. The van der Waals surface area contributed by atoms with Gasteiger partial charge in [0.05, 0.1) is 11.0 Å². The first-order chi connectivity index (χ1) is 16.6. The highest BCUT2D eigenvalue weighted by Gasteiger charge is 2.33. The van der Waals surface area contributed by atoms with Crippen molar-refractivity contribution in [2.75, 3.05) is 12.4 Å². The number of pyridine rings is 1. The number of imidazole rings is 1. The van der Waals surface area contributed by atoms with Crippen LogP contribution in [0.5, 0.6) is 11.5 Å². The number of anilines is 1. The van der Waals surface area contributed by atoms with Crippen molar-refractivity contribution < 1.29 is 9.53 Å². The lowest BCUT2D eigenvalue weighted by Gasteiger charge is -2.39. The van der Waals surface area contributed by atoms with Crippen molar-refractivity contribution in [1.29, 1.82) is 0 Å². The number of amides is 1. The molecule has 0 radical (unpaired) electrons. The van der Waals surface area contributed by atoms with Gasteiger partial charge in [-0.05, 0) is 42.9 Å². The topological polar surface area (TPSA) is 81.1 Å². The van der Waals surface area contributed by atoms with Crippen molar-refractivity contribution in [3.63, 3.8) is 0 Å². The van der Waals surface area contributed by atoms with Crippen molar-refractivity contribution in [3.05, 3.63) is 42.2 Å². The van der Waals surface area contributed by atoms with Crippen molar-refractivity contribution in [3.8, 4) is 11.5 Å². The van der Waals surface area contributed by atoms with Gasteiger partial charge in [-0.1, -0.05) is 44.9 Å². The summed E-state index contributed by atoms with van der Waals surface area (Å²) in [6.07, 6.45) is 13.8. The third-order valence-corrected chi connectivity index (χ3v) is 7.67. The van der Waals surface area contributed by atoms with Gasteiger partial charge in [-0.15, -0.1) is 0 Å². The van der Waals surface area contributed by atoms with E-state index < -0.39 is 0 Å². The molecule has 0 spiro atoms. The van der Waals surface area contributed by atoms with Gasteiger partial charge in [-0.2, -0.15) is 0 Å². The predicted molar refractivity (Wildman–Crippen MR) is 134 cm³/mol. The number of nitrogens with one attached hydrogen (secondary N) is 2. The maximum absolute atomic E-state index is 11.9. The lowest BCUT2D eigenvalue weighted by atomic mass is 9.71. The van der Waals surface area contributed by atoms with E-state index in [1.165, 1.54) is 57.8 Å². The predicted octanol–water partition coefficient (Wildman–Crippen LogP) is 5.67. The maximum Gasteiger partial charge on any atom is 0.269 e. The Morgan fingerprint density at radius 2 is 1.76 bits per heavy atom. The minimum Gasteiger partial charge on any atom is -0.457 e. The van der Waals surface area contributed by atoms with Crippen molar-refractivity contribution in [1.82, 2.24) is 19.9 Å². The van der Waals surface area contributed by atoms with Crippen LogP contribution in [-0.2, 0) is 7.05 Å². The Bertz CT molecular complexity index is 1150. The van der Waals surface area contributed by atoms with Gasteiger partial charge >= 0.3 is 0 Å². The van der Waals surface area contributed by atoms with Crippen LogP contribution in [0.2, 0.25) is 0 Å². The average Bonchev–Trinajstić information content (AvgIpc) is 3.18. The van der Waals surface area contributed by atoms with Crippen LogP contribution < -0.4 is 15.4 Å². The molecule has 2 aliphatic carbocycles. The third-order valence-electron chi connectivity index (χ3n) is 7.67. The fourth-order valence-corrected chi connectivity index (χ4v) is 5.87. The van der Waals surface area contributed by atoms with Crippen LogP contribution in [0.25, 0.3) is 11.0 Å². The van der Waals surface area contributed by atoms with E-state index in [4.69, 9.17) is 9.72 Å². The molecular weight excluding hydrogens is 426 g/mol. The van der Waals surface area contributed by atoms with Crippen LogP contribution in [-0.4, -0.2) is 33.5 Å². The molecular formula is C27H35N5O2. The summed E-state index contributed by atoms with van der Waals surface area (Å²) in [5, 5.41) is 6.43. The number of aromatic nitrogens is 3. The van der Waals surface area contributed by atoms with E-state index in [2.05, 4.69) is 27.2 Å².